The fourth-order valence-electron chi connectivity index (χ4n) is 3.27. The van der Waals surface area contributed by atoms with Gasteiger partial charge in [0.15, 0.2) is 0 Å². The number of rotatable bonds is 4. The highest BCUT2D eigenvalue weighted by atomic mass is 16.6. The van der Waals surface area contributed by atoms with E-state index in [0.717, 1.165) is 33.6 Å². The number of nitrogens with one attached hydrogen (secondary N) is 1. The summed E-state index contributed by atoms with van der Waals surface area (Å²) in [6.45, 7) is 5.90. The largest absolute Gasteiger partial charge is 0.417 e. The van der Waals surface area contributed by atoms with Crippen LogP contribution in [0.25, 0.3) is 22.5 Å². The zero-order valence-corrected chi connectivity index (χ0v) is 17.7. The van der Waals surface area contributed by atoms with E-state index in [2.05, 4.69) is 10.3 Å². The molecular weight excluding hydrogens is 386 g/mol. The molecule has 1 N–H and O–H groups in total. The smallest absolute Gasteiger partial charge is 0.410 e. The highest BCUT2D eigenvalue weighted by molar-refractivity contribution is 5.92. The van der Waals surface area contributed by atoms with Crippen LogP contribution in [0.15, 0.2) is 79.0 Å². The number of pyridine rings is 2. The Hall–Kier alpha value is -3.99. The molecule has 2 aromatic carbocycles. The third-order valence-corrected chi connectivity index (χ3v) is 4.91. The molecule has 4 rings (SSSR count). The van der Waals surface area contributed by atoms with Crippen molar-refractivity contribution in [2.75, 3.05) is 5.32 Å². The number of benzene rings is 2. The Bertz CT molecular complexity index is 1200. The van der Waals surface area contributed by atoms with E-state index in [1.165, 1.54) is 0 Å². The van der Waals surface area contributed by atoms with Gasteiger partial charge in [0.25, 0.3) is 0 Å². The fourth-order valence-corrected chi connectivity index (χ4v) is 3.27. The molecule has 0 aliphatic carbocycles. The summed E-state index contributed by atoms with van der Waals surface area (Å²) in [6.07, 6.45) is 1.25. The lowest BCUT2D eigenvalue weighted by atomic mass is 10.0. The summed E-state index contributed by atoms with van der Waals surface area (Å²) >= 11 is 0. The molecule has 5 heteroatoms. The van der Waals surface area contributed by atoms with E-state index < -0.39 is 6.09 Å². The third-order valence-electron chi connectivity index (χ3n) is 4.91. The van der Waals surface area contributed by atoms with Crippen molar-refractivity contribution >= 4 is 11.8 Å². The van der Waals surface area contributed by atoms with Crippen LogP contribution in [0.2, 0.25) is 0 Å². The SMILES string of the molecule is Cc1ccc(OC(=O)Nc2cc(C)c(-c3ccc(C)nc3)nc2-c2ccccc2)cc1. The van der Waals surface area contributed by atoms with Gasteiger partial charge in [0.2, 0.25) is 0 Å². The molecule has 0 spiro atoms. The lowest BCUT2D eigenvalue weighted by molar-refractivity contribution is 0.215. The second-order valence-corrected chi connectivity index (χ2v) is 7.43. The minimum absolute atomic E-state index is 0.483. The van der Waals surface area contributed by atoms with Crippen LogP contribution >= 0.6 is 0 Å². The number of ether oxygens (including phenoxy) is 1. The number of aromatic nitrogens is 2. The fraction of sp³-hybridized carbons (Fsp3) is 0.115. The van der Waals surface area contributed by atoms with E-state index in [4.69, 9.17) is 9.72 Å². The Labute approximate surface area is 181 Å². The Morgan fingerprint density at radius 3 is 2.26 bits per heavy atom. The Morgan fingerprint density at radius 1 is 0.839 bits per heavy atom. The van der Waals surface area contributed by atoms with Crippen LogP contribution in [0, 0.1) is 20.8 Å². The number of hydrogen-bond donors (Lipinski definition) is 1. The van der Waals surface area contributed by atoms with Gasteiger partial charge in [0, 0.05) is 23.0 Å². The number of hydrogen-bond acceptors (Lipinski definition) is 4. The summed E-state index contributed by atoms with van der Waals surface area (Å²) in [5.41, 5.74) is 6.87. The highest BCUT2D eigenvalue weighted by Gasteiger charge is 2.16. The molecule has 1 amide bonds. The van der Waals surface area contributed by atoms with Gasteiger partial charge < -0.3 is 4.74 Å². The highest BCUT2D eigenvalue weighted by Crippen LogP contribution is 2.32. The third kappa shape index (κ3) is 4.78. The number of carbonyl (C=O) groups excluding carboxylic acids is 1. The molecule has 2 heterocycles. The first kappa shape index (κ1) is 20.3. The van der Waals surface area contributed by atoms with E-state index in [9.17, 15) is 4.79 Å². The molecule has 2 aromatic heterocycles. The minimum atomic E-state index is -0.563. The maximum atomic E-state index is 12.6. The van der Waals surface area contributed by atoms with Gasteiger partial charge in [-0.1, -0.05) is 48.0 Å². The summed E-state index contributed by atoms with van der Waals surface area (Å²) < 4.78 is 5.44. The van der Waals surface area contributed by atoms with Gasteiger partial charge in [0.05, 0.1) is 17.1 Å². The number of anilines is 1. The van der Waals surface area contributed by atoms with Crippen LogP contribution in [0.5, 0.6) is 5.75 Å². The van der Waals surface area contributed by atoms with Gasteiger partial charge in [-0.2, -0.15) is 0 Å². The van der Waals surface area contributed by atoms with Crippen molar-refractivity contribution < 1.29 is 9.53 Å². The number of nitrogens with zero attached hydrogens (tertiary/aromatic N) is 2. The molecular formula is C26H23N3O2. The molecule has 0 atom stereocenters. The maximum absolute atomic E-state index is 12.6. The summed E-state index contributed by atoms with van der Waals surface area (Å²) in [5.74, 6) is 0.483. The van der Waals surface area contributed by atoms with Crippen LogP contribution in [0.4, 0.5) is 10.5 Å². The molecule has 0 radical (unpaired) electrons. The van der Waals surface area contributed by atoms with E-state index in [-0.39, 0.29) is 0 Å². The molecule has 0 bridgehead atoms. The van der Waals surface area contributed by atoms with Crippen molar-refractivity contribution in [3.63, 3.8) is 0 Å². The van der Waals surface area contributed by atoms with Gasteiger partial charge in [-0.15, -0.1) is 0 Å². The zero-order valence-electron chi connectivity index (χ0n) is 17.7. The molecule has 154 valence electrons. The summed E-state index contributed by atoms with van der Waals surface area (Å²) in [6, 6.07) is 23.0. The number of carbonyl (C=O) groups is 1. The lowest BCUT2D eigenvalue weighted by Crippen LogP contribution is -2.18. The molecule has 0 saturated heterocycles. The molecule has 5 nitrogen and oxygen atoms in total. The first-order valence-corrected chi connectivity index (χ1v) is 10.1. The van der Waals surface area contributed by atoms with E-state index in [0.29, 0.717) is 17.1 Å². The number of amides is 1. The van der Waals surface area contributed by atoms with Gasteiger partial charge >= 0.3 is 6.09 Å². The van der Waals surface area contributed by atoms with Crippen LogP contribution in [0.3, 0.4) is 0 Å². The minimum Gasteiger partial charge on any atom is -0.410 e. The predicted molar refractivity (Wildman–Crippen MR) is 123 cm³/mol. The second-order valence-electron chi connectivity index (χ2n) is 7.43. The molecule has 0 unspecified atom stereocenters. The molecule has 0 aliphatic rings. The molecule has 0 aliphatic heterocycles. The Balaban J connectivity index is 1.70. The maximum Gasteiger partial charge on any atom is 0.417 e. The second kappa shape index (κ2) is 8.79. The van der Waals surface area contributed by atoms with Gasteiger partial charge in [-0.3, -0.25) is 10.3 Å². The molecule has 31 heavy (non-hydrogen) atoms. The van der Waals surface area contributed by atoms with Crippen molar-refractivity contribution in [2.24, 2.45) is 0 Å². The molecule has 0 saturated carbocycles. The van der Waals surface area contributed by atoms with Crippen molar-refractivity contribution in [3.05, 3.63) is 95.8 Å². The number of aryl methyl sites for hydroxylation is 3. The van der Waals surface area contributed by atoms with Crippen molar-refractivity contribution in [1.29, 1.82) is 0 Å². The van der Waals surface area contributed by atoms with Crippen molar-refractivity contribution in [3.8, 4) is 28.3 Å². The average Bonchev–Trinajstić information content (AvgIpc) is 2.77. The van der Waals surface area contributed by atoms with Crippen molar-refractivity contribution in [1.82, 2.24) is 9.97 Å². The normalized spacial score (nSPS) is 10.5. The Morgan fingerprint density at radius 2 is 1.58 bits per heavy atom. The van der Waals surface area contributed by atoms with E-state index in [1.54, 1.807) is 12.1 Å². The van der Waals surface area contributed by atoms with E-state index in [1.807, 2.05) is 87.6 Å². The molecule has 0 fully saturated rings. The Kier molecular flexibility index (Phi) is 5.76. The lowest BCUT2D eigenvalue weighted by Gasteiger charge is -2.15. The quantitative estimate of drug-likeness (QED) is 0.427. The van der Waals surface area contributed by atoms with Crippen LogP contribution < -0.4 is 10.1 Å². The zero-order chi connectivity index (χ0) is 21.8. The van der Waals surface area contributed by atoms with Crippen LogP contribution in [-0.2, 0) is 0 Å². The summed E-state index contributed by atoms with van der Waals surface area (Å²) in [7, 11) is 0. The van der Waals surface area contributed by atoms with Gasteiger partial charge in [-0.25, -0.2) is 9.78 Å². The monoisotopic (exact) mass is 409 g/mol. The van der Waals surface area contributed by atoms with Gasteiger partial charge in [-0.05, 0) is 56.7 Å². The first-order chi connectivity index (χ1) is 15.0. The van der Waals surface area contributed by atoms with Crippen molar-refractivity contribution in [2.45, 2.75) is 20.8 Å². The first-order valence-electron chi connectivity index (χ1n) is 10.1. The van der Waals surface area contributed by atoms with E-state index >= 15 is 0 Å². The van der Waals surface area contributed by atoms with Gasteiger partial charge in [0.1, 0.15) is 5.75 Å². The standard InChI is InChI=1S/C26H23N3O2/c1-17-9-13-22(14-10-17)31-26(30)28-23-15-18(2)24(21-12-11-19(3)27-16-21)29-25(23)20-7-5-4-6-8-20/h4-16H,1-3H3,(H,28,30). The topological polar surface area (TPSA) is 64.1 Å². The average molecular weight is 409 g/mol. The predicted octanol–water partition coefficient (Wildman–Crippen LogP) is 6.35. The molecule has 4 aromatic rings. The van der Waals surface area contributed by atoms with Crippen LogP contribution in [0.1, 0.15) is 16.8 Å². The van der Waals surface area contributed by atoms with Crippen LogP contribution in [-0.4, -0.2) is 16.1 Å². The summed E-state index contributed by atoms with van der Waals surface area (Å²) in [4.78, 5) is 21.9. The summed E-state index contributed by atoms with van der Waals surface area (Å²) in [5, 5.41) is 2.86.